The summed E-state index contributed by atoms with van der Waals surface area (Å²) in [6.45, 7) is 3.81. The van der Waals surface area contributed by atoms with E-state index in [1.54, 1.807) is 19.2 Å². The van der Waals surface area contributed by atoms with Gasteiger partial charge in [-0.3, -0.25) is 4.99 Å². The van der Waals surface area contributed by atoms with Crippen LogP contribution in [-0.2, 0) is 19.4 Å². The van der Waals surface area contributed by atoms with Gasteiger partial charge in [0.2, 0.25) is 0 Å². The second-order valence-electron chi connectivity index (χ2n) is 5.74. The summed E-state index contributed by atoms with van der Waals surface area (Å²) in [7, 11) is 1.79. The summed E-state index contributed by atoms with van der Waals surface area (Å²) >= 11 is 0. The number of nitrogens with one attached hydrogen (secondary N) is 2. The van der Waals surface area contributed by atoms with Crippen molar-refractivity contribution in [3.05, 3.63) is 65.2 Å². The third-order valence-corrected chi connectivity index (χ3v) is 4.04. The third kappa shape index (κ3) is 7.34. The predicted molar refractivity (Wildman–Crippen MR) is 116 cm³/mol. The maximum absolute atomic E-state index is 9.29. The molecular weight excluding hydrogens is 425 g/mol. The van der Waals surface area contributed by atoms with Gasteiger partial charge in [-0.2, -0.15) is 0 Å². The Morgan fingerprint density at radius 3 is 2.32 bits per heavy atom. The molecule has 0 fully saturated rings. The molecule has 0 aliphatic rings. The molecule has 0 aliphatic heterocycles. The van der Waals surface area contributed by atoms with Gasteiger partial charge in [-0.15, -0.1) is 24.0 Å². The molecule has 0 heterocycles. The van der Waals surface area contributed by atoms with E-state index in [9.17, 15) is 5.11 Å². The van der Waals surface area contributed by atoms with E-state index in [0.29, 0.717) is 5.75 Å². The lowest BCUT2D eigenvalue weighted by Crippen LogP contribution is -2.37. The van der Waals surface area contributed by atoms with Gasteiger partial charge in [-0.05, 0) is 48.1 Å². The molecular formula is C20H28IN3O. The number of hydrogen-bond acceptors (Lipinski definition) is 2. The largest absolute Gasteiger partial charge is 0.508 e. The first-order valence-corrected chi connectivity index (χ1v) is 8.52. The number of benzene rings is 2. The van der Waals surface area contributed by atoms with Crippen molar-refractivity contribution < 1.29 is 5.11 Å². The van der Waals surface area contributed by atoms with Crippen molar-refractivity contribution in [1.29, 1.82) is 0 Å². The molecule has 2 aromatic carbocycles. The Morgan fingerprint density at radius 2 is 1.68 bits per heavy atom. The molecule has 5 heteroatoms. The van der Waals surface area contributed by atoms with Crippen LogP contribution in [0.4, 0.5) is 0 Å². The molecule has 0 radical (unpaired) electrons. The second kappa shape index (κ2) is 11.7. The van der Waals surface area contributed by atoms with Crippen molar-refractivity contribution in [1.82, 2.24) is 10.6 Å². The number of halogens is 1. The first-order chi connectivity index (χ1) is 11.7. The van der Waals surface area contributed by atoms with Crippen LogP contribution >= 0.6 is 24.0 Å². The van der Waals surface area contributed by atoms with Gasteiger partial charge in [0, 0.05) is 20.1 Å². The zero-order chi connectivity index (χ0) is 17.2. The van der Waals surface area contributed by atoms with Crippen molar-refractivity contribution >= 4 is 29.9 Å². The SMILES string of the molecule is CCc1ccccc1CNC(=NC)NCCCc1ccc(O)cc1.I. The molecule has 0 atom stereocenters. The second-order valence-corrected chi connectivity index (χ2v) is 5.74. The van der Waals surface area contributed by atoms with Crippen molar-refractivity contribution in [2.75, 3.05) is 13.6 Å². The Kier molecular flexibility index (Phi) is 9.99. The van der Waals surface area contributed by atoms with Crippen LogP contribution < -0.4 is 10.6 Å². The molecule has 0 aliphatic carbocycles. The van der Waals surface area contributed by atoms with E-state index in [1.807, 2.05) is 12.1 Å². The highest BCUT2D eigenvalue weighted by molar-refractivity contribution is 14.0. The first kappa shape index (κ1) is 21.3. The maximum Gasteiger partial charge on any atom is 0.191 e. The topological polar surface area (TPSA) is 56.7 Å². The monoisotopic (exact) mass is 453 g/mol. The molecule has 0 saturated carbocycles. The summed E-state index contributed by atoms with van der Waals surface area (Å²) in [6.07, 6.45) is 3.02. The summed E-state index contributed by atoms with van der Waals surface area (Å²) in [5, 5.41) is 16.0. The molecule has 2 aromatic rings. The fourth-order valence-electron chi connectivity index (χ4n) is 2.64. The normalized spacial score (nSPS) is 10.9. The van der Waals surface area contributed by atoms with Crippen LogP contribution in [0.15, 0.2) is 53.5 Å². The van der Waals surface area contributed by atoms with Gasteiger partial charge in [-0.1, -0.05) is 43.3 Å². The fraction of sp³-hybridized carbons (Fsp3) is 0.350. The number of phenolic OH excluding ortho intramolecular Hbond substituents is 1. The molecule has 0 saturated heterocycles. The Hall–Kier alpha value is -1.76. The molecule has 0 unspecified atom stereocenters. The van der Waals surface area contributed by atoms with Gasteiger partial charge in [0.25, 0.3) is 0 Å². The van der Waals surface area contributed by atoms with Gasteiger partial charge in [-0.25, -0.2) is 0 Å². The van der Waals surface area contributed by atoms with E-state index in [0.717, 1.165) is 38.3 Å². The zero-order valence-electron chi connectivity index (χ0n) is 15.0. The maximum atomic E-state index is 9.29. The number of rotatable bonds is 7. The van der Waals surface area contributed by atoms with Crippen LogP contribution in [0.3, 0.4) is 0 Å². The predicted octanol–water partition coefficient (Wildman–Crippen LogP) is 3.87. The van der Waals surface area contributed by atoms with E-state index in [2.05, 4.69) is 46.8 Å². The van der Waals surface area contributed by atoms with Crippen LogP contribution in [-0.4, -0.2) is 24.7 Å². The van der Waals surface area contributed by atoms with Crippen molar-refractivity contribution in [2.24, 2.45) is 4.99 Å². The molecule has 136 valence electrons. The molecule has 25 heavy (non-hydrogen) atoms. The van der Waals surface area contributed by atoms with Crippen molar-refractivity contribution in [2.45, 2.75) is 32.7 Å². The summed E-state index contributed by atoms with van der Waals surface area (Å²) in [6, 6.07) is 15.9. The van der Waals surface area contributed by atoms with E-state index in [4.69, 9.17) is 0 Å². The number of phenols is 1. The average molecular weight is 453 g/mol. The number of aromatic hydroxyl groups is 1. The summed E-state index contributed by atoms with van der Waals surface area (Å²) in [5.41, 5.74) is 3.91. The molecule has 4 nitrogen and oxygen atoms in total. The molecule has 0 bridgehead atoms. The smallest absolute Gasteiger partial charge is 0.191 e. The van der Waals surface area contributed by atoms with E-state index in [1.165, 1.54) is 16.7 Å². The standard InChI is InChI=1S/C20H27N3O.HI/c1-3-17-8-4-5-9-18(17)15-23-20(21-2)22-14-6-7-16-10-12-19(24)13-11-16;/h4-5,8-13,24H,3,6-7,14-15H2,1-2H3,(H2,21,22,23);1H. The molecule has 0 aromatic heterocycles. The van der Waals surface area contributed by atoms with Crippen LogP contribution in [0.5, 0.6) is 5.75 Å². The highest BCUT2D eigenvalue weighted by Gasteiger charge is 2.02. The fourth-order valence-corrected chi connectivity index (χ4v) is 2.64. The van der Waals surface area contributed by atoms with Gasteiger partial charge in [0.05, 0.1) is 0 Å². The number of nitrogens with zero attached hydrogens (tertiary/aromatic N) is 1. The highest BCUT2D eigenvalue weighted by atomic mass is 127. The van der Waals surface area contributed by atoms with E-state index in [-0.39, 0.29) is 24.0 Å². The van der Waals surface area contributed by atoms with Crippen LogP contribution in [0.25, 0.3) is 0 Å². The zero-order valence-corrected chi connectivity index (χ0v) is 17.3. The van der Waals surface area contributed by atoms with Crippen molar-refractivity contribution in [3.63, 3.8) is 0 Å². The molecule has 0 spiro atoms. The lowest BCUT2D eigenvalue weighted by Gasteiger charge is -2.13. The van der Waals surface area contributed by atoms with Gasteiger partial charge in [0.1, 0.15) is 5.75 Å². The number of aliphatic imine (C=N–C) groups is 1. The van der Waals surface area contributed by atoms with Crippen molar-refractivity contribution in [3.8, 4) is 5.75 Å². The van der Waals surface area contributed by atoms with Crippen LogP contribution in [0, 0.1) is 0 Å². The summed E-state index contributed by atoms with van der Waals surface area (Å²) in [5.74, 6) is 1.14. The summed E-state index contributed by atoms with van der Waals surface area (Å²) < 4.78 is 0. The lowest BCUT2D eigenvalue weighted by molar-refractivity contribution is 0.475. The Labute approximate surface area is 167 Å². The number of hydrogen-bond donors (Lipinski definition) is 3. The Bertz CT molecular complexity index is 656. The Balaban J connectivity index is 0.00000312. The lowest BCUT2D eigenvalue weighted by atomic mass is 10.1. The quantitative estimate of drug-likeness (QED) is 0.258. The van der Waals surface area contributed by atoms with E-state index >= 15 is 0 Å². The van der Waals surface area contributed by atoms with E-state index < -0.39 is 0 Å². The van der Waals surface area contributed by atoms with Gasteiger partial charge in [0.15, 0.2) is 5.96 Å². The number of guanidine groups is 1. The minimum atomic E-state index is 0. The van der Waals surface area contributed by atoms with Crippen LogP contribution in [0.1, 0.15) is 30.0 Å². The average Bonchev–Trinajstić information content (AvgIpc) is 2.63. The minimum absolute atomic E-state index is 0. The number of aryl methyl sites for hydroxylation is 2. The van der Waals surface area contributed by atoms with Gasteiger partial charge >= 0.3 is 0 Å². The molecule has 0 amide bonds. The summed E-state index contributed by atoms with van der Waals surface area (Å²) in [4.78, 5) is 4.28. The first-order valence-electron chi connectivity index (χ1n) is 8.52. The molecule has 3 N–H and O–H groups in total. The third-order valence-electron chi connectivity index (χ3n) is 4.04. The minimum Gasteiger partial charge on any atom is -0.508 e. The Morgan fingerprint density at radius 1 is 1.00 bits per heavy atom. The highest BCUT2D eigenvalue weighted by Crippen LogP contribution is 2.11. The molecule has 2 rings (SSSR count). The van der Waals surface area contributed by atoms with Crippen LogP contribution in [0.2, 0.25) is 0 Å². The van der Waals surface area contributed by atoms with Gasteiger partial charge < -0.3 is 15.7 Å².